The van der Waals surface area contributed by atoms with Gasteiger partial charge in [0.15, 0.2) is 0 Å². The van der Waals surface area contributed by atoms with Crippen LogP contribution in [0.5, 0.6) is 0 Å². The van der Waals surface area contributed by atoms with Gasteiger partial charge in [0.25, 0.3) is 5.91 Å². The molecule has 5 nitrogen and oxygen atoms in total. The van der Waals surface area contributed by atoms with Gasteiger partial charge in [-0.2, -0.15) is 0 Å². The van der Waals surface area contributed by atoms with Gasteiger partial charge in [-0.25, -0.2) is 9.37 Å². The zero-order valence-electron chi connectivity index (χ0n) is 16.5. The highest BCUT2D eigenvalue weighted by Gasteiger charge is 2.26. The standard InChI is InChI=1S/C21H26FN3O2S/c1-13(2)19(26)23-11-17-12-28-20(24-17)15-6-8-25(9-7-15)21(27)16-5-4-14(3)18(22)10-16/h4-5,10,12-13,15H,6-9,11H2,1-3H3,(H,23,26). The second-order valence-corrected chi connectivity index (χ2v) is 8.47. The Hall–Kier alpha value is -2.28. The Morgan fingerprint density at radius 2 is 2.04 bits per heavy atom. The van der Waals surface area contributed by atoms with E-state index in [1.165, 1.54) is 6.07 Å². The van der Waals surface area contributed by atoms with Gasteiger partial charge in [-0.3, -0.25) is 9.59 Å². The zero-order valence-corrected chi connectivity index (χ0v) is 17.3. The molecule has 2 aromatic rings. The van der Waals surface area contributed by atoms with E-state index >= 15 is 0 Å². The number of amides is 2. The molecule has 2 heterocycles. The number of benzene rings is 1. The fourth-order valence-corrected chi connectivity index (χ4v) is 4.20. The first kappa shape index (κ1) is 20.5. The van der Waals surface area contributed by atoms with Crippen molar-refractivity contribution in [1.82, 2.24) is 15.2 Å². The van der Waals surface area contributed by atoms with Crippen molar-refractivity contribution in [3.05, 3.63) is 51.2 Å². The van der Waals surface area contributed by atoms with Gasteiger partial charge >= 0.3 is 0 Å². The van der Waals surface area contributed by atoms with Crippen molar-refractivity contribution in [3.63, 3.8) is 0 Å². The summed E-state index contributed by atoms with van der Waals surface area (Å²) in [4.78, 5) is 30.8. The molecule has 1 aromatic carbocycles. The van der Waals surface area contributed by atoms with Gasteiger partial charge in [-0.05, 0) is 37.5 Å². The normalized spacial score (nSPS) is 15.1. The number of nitrogens with zero attached hydrogens (tertiary/aromatic N) is 2. The van der Waals surface area contributed by atoms with E-state index in [-0.39, 0.29) is 23.5 Å². The fraction of sp³-hybridized carbons (Fsp3) is 0.476. The molecule has 3 rings (SSSR count). The monoisotopic (exact) mass is 403 g/mol. The Kier molecular flexibility index (Phi) is 6.44. The maximum atomic E-state index is 13.7. The molecule has 7 heteroatoms. The van der Waals surface area contributed by atoms with Crippen LogP contribution in [-0.2, 0) is 11.3 Å². The molecule has 0 bridgehead atoms. The van der Waals surface area contributed by atoms with Gasteiger partial charge in [-0.1, -0.05) is 19.9 Å². The highest BCUT2D eigenvalue weighted by molar-refractivity contribution is 7.09. The summed E-state index contributed by atoms with van der Waals surface area (Å²) in [5, 5.41) is 5.93. The first-order valence-electron chi connectivity index (χ1n) is 9.62. The second-order valence-electron chi connectivity index (χ2n) is 7.58. The first-order chi connectivity index (χ1) is 13.3. The van der Waals surface area contributed by atoms with Gasteiger partial charge in [0.1, 0.15) is 5.82 Å². The highest BCUT2D eigenvalue weighted by Crippen LogP contribution is 2.31. The molecule has 0 unspecified atom stereocenters. The van der Waals surface area contributed by atoms with Crippen molar-refractivity contribution in [3.8, 4) is 0 Å². The summed E-state index contributed by atoms with van der Waals surface area (Å²) in [7, 11) is 0. The predicted octanol–water partition coefficient (Wildman–Crippen LogP) is 3.88. The largest absolute Gasteiger partial charge is 0.350 e. The molecule has 1 aliphatic heterocycles. The average molecular weight is 404 g/mol. The molecule has 1 saturated heterocycles. The number of rotatable bonds is 5. The third-order valence-corrected chi connectivity index (χ3v) is 6.14. The lowest BCUT2D eigenvalue weighted by atomic mass is 9.97. The molecule has 2 amide bonds. The van der Waals surface area contributed by atoms with E-state index in [4.69, 9.17) is 0 Å². The molecule has 28 heavy (non-hydrogen) atoms. The van der Waals surface area contributed by atoms with Crippen LogP contribution in [0.15, 0.2) is 23.6 Å². The molecular formula is C21H26FN3O2S. The van der Waals surface area contributed by atoms with Gasteiger partial charge in [0.2, 0.25) is 5.91 Å². The van der Waals surface area contributed by atoms with Crippen molar-refractivity contribution in [2.24, 2.45) is 5.92 Å². The molecule has 0 spiro atoms. The number of piperidine rings is 1. The van der Waals surface area contributed by atoms with Gasteiger partial charge < -0.3 is 10.2 Å². The quantitative estimate of drug-likeness (QED) is 0.824. The van der Waals surface area contributed by atoms with E-state index in [2.05, 4.69) is 10.3 Å². The Balaban J connectivity index is 1.54. The first-order valence-corrected chi connectivity index (χ1v) is 10.5. The molecule has 1 fully saturated rings. The second kappa shape index (κ2) is 8.82. The lowest BCUT2D eigenvalue weighted by Gasteiger charge is -2.31. The lowest BCUT2D eigenvalue weighted by molar-refractivity contribution is -0.124. The number of carbonyl (C=O) groups is 2. The smallest absolute Gasteiger partial charge is 0.253 e. The molecule has 0 saturated carbocycles. The number of nitrogens with one attached hydrogen (secondary N) is 1. The van der Waals surface area contributed by atoms with Crippen molar-refractivity contribution < 1.29 is 14.0 Å². The molecular weight excluding hydrogens is 377 g/mol. The maximum Gasteiger partial charge on any atom is 0.253 e. The third kappa shape index (κ3) is 4.76. The average Bonchev–Trinajstić information content (AvgIpc) is 3.16. The number of hydrogen-bond donors (Lipinski definition) is 1. The lowest BCUT2D eigenvalue weighted by Crippen LogP contribution is -2.38. The number of thiazole rings is 1. The summed E-state index contributed by atoms with van der Waals surface area (Å²) in [6, 6.07) is 4.65. The third-order valence-electron chi connectivity index (χ3n) is 5.09. The van der Waals surface area contributed by atoms with Crippen LogP contribution in [0.25, 0.3) is 0 Å². The summed E-state index contributed by atoms with van der Waals surface area (Å²) in [5.41, 5.74) is 1.82. The summed E-state index contributed by atoms with van der Waals surface area (Å²) in [5.74, 6) is -0.163. The Morgan fingerprint density at radius 1 is 1.32 bits per heavy atom. The summed E-state index contributed by atoms with van der Waals surface area (Å²) in [6.45, 7) is 7.13. The molecule has 1 aromatic heterocycles. The van der Waals surface area contributed by atoms with E-state index < -0.39 is 0 Å². The number of aromatic nitrogens is 1. The van der Waals surface area contributed by atoms with Crippen LogP contribution < -0.4 is 5.32 Å². The van der Waals surface area contributed by atoms with Crippen LogP contribution in [0.1, 0.15) is 59.2 Å². The molecule has 150 valence electrons. The highest BCUT2D eigenvalue weighted by atomic mass is 32.1. The number of halogens is 1. The number of aryl methyl sites for hydroxylation is 1. The Labute approximate surface area is 169 Å². The van der Waals surface area contributed by atoms with Crippen LogP contribution in [0.4, 0.5) is 4.39 Å². The van der Waals surface area contributed by atoms with Crippen molar-refractivity contribution >= 4 is 23.2 Å². The van der Waals surface area contributed by atoms with Gasteiger partial charge in [0.05, 0.1) is 17.2 Å². The van der Waals surface area contributed by atoms with E-state index in [1.807, 2.05) is 19.2 Å². The predicted molar refractivity (Wildman–Crippen MR) is 108 cm³/mol. The van der Waals surface area contributed by atoms with Crippen molar-refractivity contribution in [1.29, 1.82) is 0 Å². The van der Waals surface area contributed by atoms with Crippen LogP contribution in [-0.4, -0.2) is 34.8 Å². The minimum Gasteiger partial charge on any atom is -0.350 e. The van der Waals surface area contributed by atoms with Gasteiger partial charge in [-0.15, -0.1) is 11.3 Å². The van der Waals surface area contributed by atoms with E-state index in [9.17, 15) is 14.0 Å². The van der Waals surface area contributed by atoms with Crippen LogP contribution in [0.3, 0.4) is 0 Å². The minimum absolute atomic E-state index is 0.0221. The Bertz CT molecular complexity index is 857. The van der Waals surface area contributed by atoms with Crippen LogP contribution >= 0.6 is 11.3 Å². The topological polar surface area (TPSA) is 62.3 Å². The maximum absolute atomic E-state index is 13.7. The van der Waals surface area contributed by atoms with Gasteiger partial charge in [0, 0.05) is 35.9 Å². The fourth-order valence-electron chi connectivity index (χ4n) is 3.21. The molecule has 0 aliphatic carbocycles. The molecule has 1 N–H and O–H groups in total. The van der Waals surface area contributed by atoms with E-state index in [0.29, 0.717) is 36.7 Å². The summed E-state index contributed by atoms with van der Waals surface area (Å²) in [6.07, 6.45) is 1.68. The van der Waals surface area contributed by atoms with Crippen molar-refractivity contribution in [2.75, 3.05) is 13.1 Å². The molecule has 1 aliphatic rings. The van der Waals surface area contributed by atoms with E-state index in [0.717, 1.165) is 23.5 Å². The SMILES string of the molecule is Cc1ccc(C(=O)N2CCC(c3nc(CNC(=O)C(C)C)cs3)CC2)cc1F. The molecule has 0 radical (unpaired) electrons. The summed E-state index contributed by atoms with van der Waals surface area (Å²) >= 11 is 1.61. The number of likely N-dealkylation sites (tertiary alicyclic amines) is 1. The van der Waals surface area contributed by atoms with Crippen LogP contribution in [0, 0.1) is 18.7 Å². The van der Waals surface area contributed by atoms with Crippen molar-refractivity contribution in [2.45, 2.75) is 46.1 Å². The number of carbonyl (C=O) groups excluding carboxylic acids is 2. The Morgan fingerprint density at radius 3 is 2.68 bits per heavy atom. The van der Waals surface area contributed by atoms with Crippen LogP contribution in [0.2, 0.25) is 0 Å². The molecule has 0 atom stereocenters. The van der Waals surface area contributed by atoms with E-state index in [1.54, 1.807) is 35.3 Å². The summed E-state index contributed by atoms with van der Waals surface area (Å²) < 4.78 is 13.7. The minimum atomic E-state index is -0.347. The number of hydrogen-bond acceptors (Lipinski definition) is 4. The zero-order chi connectivity index (χ0) is 20.3.